The maximum Gasteiger partial charge on any atom is 0.433 e. The first-order chi connectivity index (χ1) is 26.2. The zero-order valence-corrected chi connectivity index (χ0v) is 31.7. The van der Waals surface area contributed by atoms with Crippen LogP contribution in [0.2, 0.25) is 5.02 Å². The van der Waals surface area contributed by atoms with E-state index in [4.69, 9.17) is 21.3 Å². The second-order valence-corrected chi connectivity index (χ2v) is 14.7. The van der Waals surface area contributed by atoms with Crippen LogP contribution < -0.4 is 31.9 Å². The predicted molar refractivity (Wildman–Crippen MR) is 206 cm³/mol. The van der Waals surface area contributed by atoms with Crippen molar-refractivity contribution < 1.29 is 22.7 Å². The van der Waals surface area contributed by atoms with E-state index < -0.39 is 23.1 Å². The molecule has 0 saturated carbocycles. The summed E-state index contributed by atoms with van der Waals surface area (Å²) in [6.07, 6.45) is 2.11. The largest absolute Gasteiger partial charge is 0.481 e. The molecule has 3 N–H and O–H groups in total. The summed E-state index contributed by atoms with van der Waals surface area (Å²) in [7, 11) is 4.17. The minimum Gasteiger partial charge on any atom is -0.481 e. The molecule has 1 amide bonds. The third kappa shape index (κ3) is 7.20. The highest BCUT2D eigenvalue weighted by molar-refractivity contribution is 6.36. The minimum absolute atomic E-state index is 0.134. The number of anilines is 2. The molecule has 0 bridgehead atoms. The van der Waals surface area contributed by atoms with Gasteiger partial charge in [0.15, 0.2) is 0 Å². The quantitative estimate of drug-likeness (QED) is 0.182. The number of halogens is 4. The van der Waals surface area contributed by atoms with E-state index in [-0.39, 0.29) is 28.2 Å². The van der Waals surface area contributed by atoms with Gasteiger partial charge in [-0.1, -0.05) is 41.9 Å². The highest BCUT2D eigenvalue weighted by atomic mass is 35.5. The number of fused-ring (bicyclic) bond motifs is 2. The van der Waals surface area contributed by atoms with Crippen LogP contribution >= 0.6 is 11.6 Å². The number of nitrogens with one attached hydrogen (secondary N) is 3. The van der Waals surface area contributed by atoms with Gasteiger partial charge in [0, 0.05) is 49.4 Å². The lowest BCUT2D eigenvalue weighted by Gasteiger charge is -2.33. The molecule has 8 rings (SSSR count). The molecule has 0 radical (unpaired) electrons. The molecule has 11 nitrogen and oxygen atoms in total. The number of alkyl halides is 3. The van der Waals surface area contributed by atoms with Crippen molar-refractivity contribution in [1.82, 2.24) is 29.7 Å². The van der Waals surface area contributed by atoms with Crippen LogP contribution in [0, 0.1) is 6.92 Å². The molecule has 2 aromatic carbocycles. The van der Waals surface area contributed by atoms with Crippen molar-refractivity contribution in [3.63, 3.8) is 0 Å². The van der Waals surface area contributed by atoms with Gasteiger partial charge in [0.05, 0.1) is 28.9 Å². The Labute approximate surface area is 319 Å². The predicted octanol–water partition coefficient (Wildman–Crippen LogP) is 6.60. The van der Waals surface area contributed by atoms with Gasteiger partial charge in [-0.05, 0) is 86.9 Å². The Balaban J connectivity index is 0.000000360. The van der Waals surface area contributed by atoms with Crippen LogP contribution in [0.25, 0.3) is 33.3 Å². The van der Waals surface area contributed by atoms with Gasteiger partial charge in [-0.15, -0.1) is 0 Å². The first-order valence-electron chi connectivity index (χ1n) is 18.1. The number of nitrogens with zero attached hydrogens (tertiary/aromatic N) is 4. The molecule has 1 atom stereocenters. The fraction of sp³-hybridized carbons (Fsp3) is 0.375. The summed E-state index contributed by atoms with van der Waals surface area (Å²) in [6, 6.07) is 13.6. The summed E-state index contributed by atoms with van der Waals surface area (Å²) in [4.78, 5) is 45.3. The number of carbonyl (C=O) groups is 1. The number of hydrogen-bond acceptors (Lipinski definition) is 8. The van der Waals surface area contributed by atoms with Gasteiger partial charge < -0.3 is 20.7 Å². The van der Waals surface area contributed by atoms with Gasteiger partial charge in [0.2, 0.25) is 11.8 Å². The first-order valence-corrected chi connectivity index (χ1v) is 18.5. The molecule has 288 valence electrons. The molecule has 1 aliphatic carbocycles. The van der Waals surface area contributed by atoms with Crippen LogP contribution in [0.5, 0.6) is 5.88 Å². The normalized spacial score (nSPS) is 17.9. The lowest BCUT2D eigenvalue weighted by Crippen LogP contribution is -2.52. The summed E-state index contributed by atoms with van der Waals surface area (Å²) in [5.41, 5.74) is 3.34. The molecular formula is C40H41ClF3N7O4. The number of amides is 1. The van der Waals surface area contributed by atoms with Crippen LogP contribution in [0.1, 0.15) is 54.5 Å². The van der Waals surface area contributed by atoms with Crippen molar-refractivity contribution in [2.24, 2.45) is 14.1 Å². The summed E-state index contributed by atoms with van der Waals surface area (Å²) in [6.45, 7) is 3.82. The summed E-state index contributed by atoms with van der Waals surface area (Å²) in [5.74, 6) is 0.504. The molecule has 3 aromatic heterocycles. The lowest BCUT2D eigenvalue weighted by molar-refractivity contribution is -0.141. The number of hydrogen-bond donors (Lipinski definition) is 3. The molecular weight excluding hydrogens is 735 g/mol. The van der Waals surface area contributed by atoms with Crippen molar-refractivity contribution in [1.29, 1.82) is 0 Å². The number of pyridine rings is 2. The van der Waals surface area contributed by atoms with Gasteiger partial charge in [-0.25, -0.2) is 14.8 Å². The summed E-state index contributed by atoms with van der Waals surface area (Å²) >= 11 is 7.01. The highest BCUT2D eigenvalue weighted by Crippen LogP contribution is 2.41. The smallest absolute Gasteiger partial charge is 0.433 e. The van der Waals surface area contributed by atoms with Crippen LogP contribution in [-0.2, 0) is 37.9 Å². The second kappa shape index (κ2) is 14.8. The summed E-state index contributed by atoms with van der Waals surface area (Å²) in [5, 5.41) is 9.63. The van der Waals surface area contributed by atoms with Gasteiger partial charge >= 0.3 is 11.9 Å². The average Bonchev–Trinajstić information content (AvgIpc) is 3.83. The van der Waals surface area contributed by atoms with E-state index in [0.29, 0.717) is 50.6 Å². The van der Waals surface area contributed by atoms with Gasteiger partial charge in [0.1, 0.15) is 16.9 Å². The summed E-state index contributed by atoms with van der Waals surface area (Å²) < 4.78 is 49.0. The third-order valence-corrected chi connectivity index (χ3v) is 11.3. The molecule has 5 heterocycles. The number of piperidine rings is 1. The molecule has 2 fully saturated rings. The number of methoxy groups -OCH3 is 1. The van der Waals surface area contributed by atoms with E-state index in [0.717, 1.165) is 72.7 Å². The Morgan fingerprint density at radius 3 is 2.38 bits per heavy atom. The molecule has 55 heavy (non-hydrogen) atoms. The zero-order valence-electron chi connectivity index (χ0n) is 30.9. The van der Waals surface area contributed by atoms with Crippen molar-refractivity contribution in [3.8, 4) is 28.3 Å². The van der Waals surface area contributed by atoms with Crippen molar-refractivity contribution in [2.75, 3.05) is 25.5 Å². The van der Waals surface area contributed by atoms with E-state index in [1.807, 2.05) is 30.3 Å². The van der Waals surface area contributed by atoms with Crippen LogP contribution in [0.3, 0.4) is 0 Å². The minimum atomic E-state index is -4.82. The average molecular weight is 776 g/mol. The third-order valence-electron chi connectivity index (χ3n) is 10.8. The number of benzene rings is 2. The van der Waals surface area contributed by atoms with Crippen LogP contribution in [0.15, 0.2) is 58.1 Å². The standard InChI is InChI=1S/C32H27ClF3N5O3.C8H14N2O/c1-16-18(20-11-6-12-21(27(20)33)23-14-17-8-5-10-19(17)29(38-23)44-4)9-7-13-22(16)37-28-26-24(15-25(39-28)32(34,35)36)40(2)31(43)41(3)30(26)42;11-7-2-1-3-8(10-7)4-5-9-6-8/h6-7,9,11-15H,5,8,10H2,1-4H3,(H,37,39);9H,1-6H2,(H,10,11). The van der Waals surface area contributed by atoms with Gasteiger partial charge in [-0.2, -0.15) is 13.2 Å². The van der Waals surface area contributed by atoms with Crippen LogP contribution in [0.4, 0.5) is 24.7 Å². The van der Waals surface area contributed by atoms with Gasteiger partial charge in [-0.3, -0.25) is 18.7 Å². The monoisotopic (exact) mass is 775 g/mol. The zero-order chi connectivity index (χ0) is 39.2. The fourth-order valence-corrected chi connectivity index (χ4v) is 8.20. The topological polar surface area (TPSA) is 132 Å². The molecule has 1 unspecified atom stereocenters. The van der Waals surface area contributed by atoms with E-state index in [1.54, 1.807) is 26.2 Å². The Bertz CT molecular complexity index is 2460. The maximum atomic E-state index is 13.9. The van der Waals surface area contributed by atoms with Crippen molar-refractivity contribution in [3.05, 3.63) is 96.8 Å². The number of carbonyl (C=O) groups excluding carboxylic acids is 1. The number of aromatic nitrogens is 4. The molecule has 2 aliphatic heterocycles. The Kier molecular flexibility index (Phi) is 10.2. The van der Waals surface area contributed by atoms with E-state index in [2.05, 4.69) is 20.9 Å². The van der Waals surface area contributed by atoms with Gasteiger partial charge in [0.25, 0.3) is 5.56 Å². The molecule has 2 saturated heterocycles. The molecule has 15 heteroatoms. The number of rotatable bonds is 5. The first kappa shape index (κ1) is 38.1. The number of ether oxygens (including phenoxy) is 1. The SMILES string of the molecule is COc1nc(-c2cccc(-c3cccc(Nc4nc(C(F)(F)F)cc5c4c(=O)n(C)c(=O)n5C)c3C)c2Cl)cc2c1CCC2.O=C1CCCC2(CCNC2)N1. The highest BCUT2D eigenvalue weighted by Gasteiger charge is 2.37. The lowest BCUT2D eigenvalue weighted by atomic mass is 9.88. The van der Waals surface area contributed by atoms with Crippen LogP contribution in [-0.4, -0.2) is 50.7 Å². The van der Waals surface area contributed by atoms with E-state index in [1.165, 1.54) is 19.7 Å². The molecule has 1 spiro atoms. The van der Waals surface area contributed by atoms with Crippen molar-refractivity contribution in [2.45, 2.75) is 63.6 Å². The maximum absolute atomic E-state index is 13.9. The molecule has 5 aromatic rings. The Hall–Kier alpha value is -5.21. The van der Waals surface area contributed by atoms with Crippen molar-refractivity contribution >= 4 is 39.9 Å². The molecule has 3 aliphatic rings. The fourth-order valence-electron chi connectivity index (χ4n) is 7.88. The Morgan fingerprint density at radius 1 is 0.927 bits per heavy atom. The Morgan fingerprint density at radius 2 is 1.67 bits per heavy atom. The number of aryl methyl sites for hydroxylation is 2. The second-order valence-electron chi connectivity index (χ2n) is 14.3. The van der Waals surface area contributed by atoms with E-state index >= 15 is 0 Å². The van der Waals surface area contributed by atoms with E-state index in [9.17, 15) is 27.6 Å².